The Morgan fingerprint density at radius 3 is 2.13 bits per heavy atom. The zero-order chi connectivity index (χ0) is 17.0. The number of halogens is 3. The van der Waals surface area contributed by atoms with E-state index in [1.807, 2.05) is 0 Å². The SMILES string of the molecule is COC(OC)[C@H]1CC[C@H](OC)O[C@H]1c1ccc(C(F)(F)F)cc1. The van der Waals surface area contributed by atoms with Crippen molar-refractivity contribution in [3.63, 3.8) is 0 Å². The molecule has 0 amide bonds. The van der Waals surface area contributed by atoms with Crippen molar-refractivity contribution < 1.29 is 32.1 Å². The molecule has 0 aliphatic carbocycles. The minimum Gasteiger partial charge on any atom is -0.356 e. The Bertz CT molecular complexity index is 485. The Morgan fingerprint density at radius 1 is 1.04 bits per heavy atom. The highest BCUT2D eigenvalue weighted by Gasteiger charge is 2.38. The lowest BCUT2D eigenvalue weighted by Gasteiger charge is -2.39. The Balaban J connectivity index is 2.26. The van der Waals surface area contributed by atoms with Crippen LogP contribution in [-0.2, 0) is 25.1 Å². The molecule has 1 heterocycles. The summed E-state index contributed by atoms with van der Waals surface area (Å²) in [5.41, 5.74) is -0.0456. The second-order valence-corrected chi connectivity index (χ2v) is 5.42. The Labute approximate surface area is 133 Å². The Hall–Kier alpha value is -1.15. The van der Waals surface area contributed by atoms with Gasteiger partial charge in [-0.05, 0) is 30.5 Å². The van der Waals surface area contributed by atoms with Gasteiger partial charge >= 0.3 is 6.18 Å². The predicted molar refractivity (Wildman–Crippen MR) is 76.6 cm³/mol. The fourth-order valence-corrected chi connectivity index (χ4v) is 2.90. The van der Waals surface area contributed by atoms with Gasteiger partial charge in [-0.3, -0.25) is 0 Å². The van der Waals surface area contributed by atoms with Crippen molar-refractivity contribution >= 4 is 0 Å². The van der Waals surface area contributed by atoms with Crippen LogP contribution in [0.1, 0.15) is 30.1 Å². The number of benzene rings is 1. The van der Waals surface area contributed by atoms with Crippen LogP contribution in [0.5, 0.6) is 0 Å². The first-order valence-electron chi connectivity index (χ1n) is 7.31. The number of hydrogen-bond acceptors (Lipinski definition) is 4. The number of methoxy groups -OCH3 is 3. The predicted octanol–water partition coefficient (Wildman–Crippen LogP) is 3.76. The summed E-state index contributed by atoms with van der Waals surface area (Å²) in [4.78, 5) is 0. The van der Waals surface area contributed by atoms with Crippen molar-refractivity contribution in [2.45, 2.75) is 37.7 Å². The van der Waals surface area contributed by atoms with Gasteiger partial charge in [-0.2, -0.15) is 13.2 Å². The van der Waals surface area contributed by atoms with E-state index in [1.54, 1.807) is 7.11 Å². The third-order valence-electron chi connectivity index (χ3n) is 4.07. The van der Waals surface area contributed by atoms with Crippen molar-refractivity contribution in [1.82, 2.24) is 0 Å². The van der Waals surface area contributed by atoms with Crippen LogP contribution in [0.4, 0.5) is 13.2 Å². The Morgan fingerprint density at radius 2 is 1.65 bits per heavy atom. The summed E-state index contributed by atoms with van der Waals surface area (Å²) in [6, 6.07) is 4.98. The van der Waals surface area contributed by atoms with Gasteiger partial charge in [-0.25, -0.2) is 0 Å². The first-order valence-corrected chi connectivity index (χ1v) is 7.31. The minimum absolute atomic E-state index is 0.131. The van der Waals surface area contributed by atoms with E-state index >= 15 is 0 Å². The van der Waals surface area contributed by atoms with Crippen molar-refractivity contribution in [2.75, 3.05) is 21.3 Å². The van der Waals surface area contributed by atoms with Crippen molar-refractivity contribution in [3.05, 3.63) is 35.4 Å². The first-order chi connectivity index (χ1) is 10.9. The topological polar surface area (TPSA) is 36.9 Å². The summed E-state index contributed by atoms with van der Waals surface area (Å²) in [6.07, 6.45) is -4.33. The molecule has 4 nitrogen and oxygen atoms in total. The van der Waals surface area contributed by atoms with E-state index in [2.05, 4.69) is 0 Å². The van der Waals surface area contributed by atoms with Crippen molar-refractivity contribution in [3.8, 4) is 0 Å². The van der Waals surface area contributed by atoms with E-state index in [-0.39, 0.29) is 5.92 Å². The van der Waals surface area contributed by atoms with Gasteiger partial charge in [0.2, 0.25) is 0 Å². The molecule has 7 heteroatoms. The smallest absolute Gasteiger partial charge is 0.356 e. The van der Waals surface area contributed by atoms with Crippen LogP contribution in [0.2, 0.25) is 0 Å². The first kappa shape index (κ1) is 18.2. The summed E-state index contributed by atoms with van der Waals surface area (Å²) in [7, 11) is 4.60. The molecule has 1 aromatic rings. The molecule has 0 unspecified atom stereocenters. The number of hydrogen-bond donors (Lipinski definition) is 0. The number of rotatable bonds is 5. The van der Waals surface area contributed by atoms with E-state index in [4.69, 9.17) is 18.9 Å². The number of ether oxygens (including phenoxy) is 4. The molecule has 1 aliphatic rings. The van der Waals surface area contributed by atoms with Gasteiger partial charge in [0.05, 0.1) is 11.7 Å². The van der Waals surface area contributed by atoms with E-state index in [9.17, 15) is 13.2 Å². The molecule has 130 valence electrons. The summed E-state index contributed by atoms with van der Waals surface area (Å²) in [5.74, 6) is -0.131. The molecule has 0 spiro atoms. The van der Waals surface area contributed by atoms with E-state index in [0.717, 1.165) is 18.6 Å². The average molecular weight is 334 g/mol. The maximum absolute atomic E-state index is 12.7. The quantitative estimate of drug-likeness (QED) is 0.768. The van der Waals surface area contributed by atoms with Crippen LogP contribution in [-0.4, -0.2) is 33.9 Å². The van der Waals surface area contributed by atoms with Gasteiger partial charge in [-0.15, -0.1) is 0 Å². The Kier molecular flexibility index (Phi) is 6.02. The van der Waals surface area contributed by atoms with Crippen LogP contribution >= 0.6 is 0 Å². The number of alkyl halides is 3. The third kappa shape index (κ3) is 4.23. The zero-order valence-corrected chi connectivity index (χ0v) is 13.3. The molecule has 0 radical (unpaired) electrons. The molecule has 0 saturated carbocycles. The highest BCUT2D eigenvalue weighted by atomic mass is 19.4. The fraction of sp³-hybridized carbons (Fsp3) is 0.625. The van der Waals surface area contributed by atoms with Crippen LogP contribution < -0.4 is 0 Å². The van der Waals surface area contributed by atoms with Crippen LogP contribution in [0.15, 0.2) is 24.3 Å². The van der Waals surface area contributed by atoms with Gasteiger partial charge in [-0.1, -0.05) is 12.1 Å². The largest absolute Gasteiger partial charge is 0.416 e. The highest BCUT2D eigenvalue weighted by molar-refractivity contribution is 5.27. The van der Waals surface area contributed by atoms with Crippen molar-refractivity contribution in [1.29, 1.82) is 0 Å². The highest BCUT2D eigenvalue weighted by Crippen LogP contribution is 2.40. The molecule has 0 aromatic heterocycles. The maximum atomic E-state index is 12.7. The van der Waals surface area contributed by atoms with Gasteiger partial charge in [0.25, 0.3) is 0 Å². The summed E-state index contributed by atoms with van der Waals surface area (Å²) >= 11 is 0. The molecule has 23 heavy (non-hydrogen) atoms. The van der Waals surface area contributed by atoms with Crippen LogP contribution in [0.3, 0.4) is 0 Å². The third-order valence-corrected chi connectivity index (χ3v) is 4.07. The lowest BCUT2D eigenvalue weighted by molar-refractivity contribution is -0.245. The van der Waals surface area contributed by atoms with E-state index in [0.29, 0.717) is 12.0 Å². The van der Waals surface area contributed by atoms with Crippen LogP contribution in [0, 0.1) is 5.92 Å². The molecule has 1 fully saturated rings. The van der Waals surface area contributed by atoms with Gasteiger partial charge in [0, 0.05) is 27.2 Å². The molecule has 3 atom stereocenters. The van der Waals surface area contributed by atoms with Gasteiger partial charge in [0.15, 0.2) is 12.6 Å². The molecule has 1 aromatic carbocycles. The van der Waals surface area contributed by atoms with E-state index < -0.39 is 30.4 Å². The molecule has 1 saturated heterocycles. The normalized spacial score (nSPS) is 25.8. The second-order valence-electron chi connectivity index (χ2n) is 5.42. The summed E-state index contributed by atoms with van der Waals surface area (Å²) in [6.45, 7) is 0. The molecule has 0 bridgehead atoms. The molecule has 2 rings (SSSR count). The van der Waals surface area contributed by atoms with Crippen molar-refractivity contribution in [2.24, 2.45) is 5.92 Å². The maximum Gasteiger partial charge on any atom is 0.416 e. The van der Waals surface area contributed by atoms with Crippen LogP contribution in [0.25, 0.3) is 0 Å². The molecule has 1 aliphatic heterocycles. The molecular formula is C16H21F3O4. The average Bonchev–Trinajstić information content (AvgIpc) is 2.55. The molecule has 0 N–H and O–H groups in total. The summed E-state index contributed by atoms with van der Waals surface area (Å²) < 4.78 is 59.8. The van der Waals surface area contributed by atoms with Gasteiger partial charge in [0.1, 0.15) is 0 Å². The summed E-state index contributed by atoms with van der Waals surface area (Å²) in [5, 5.41) is 0. The standard InChI is InChI=1S/C16H21F3O4/c1-20-13-9-8-12(15(21-2)22-3)14(23-13)10-4-6-11(7-5-10)16(17,18)19/h4-7,12-15H,8-9H2,1-3H3/t12-,13+,14-/m0/s1. The lowest BCUT2D eigenvalue weighted by Crippen LogP contribution is -2.38. The lowest BCUT2D eigenvalue weighted by atomic mass is 9.88. The molecular weight excluding hydrogens is 313 g/mol. The second kappa shape index (κ2) is 7.61. The fourth-order valence-electron chi connectivity index (χ4n) is 2.90. The monoisotopic (exact) mass is 334 g/mol. The minimum atomic E-state index is -4.36. The van der Waals surface area contributed by atoms with E-state index in [1.165, 1.54) is 26.4 Å². The zero-order valence-electron chi connectivity index (χ0n) is 13.3. The van der Waals surface area contributed by atoms with Gasteiger partial charge < -0.3 is 18.9 Å².